The fourth-order valence-electron chi connectivity index (χ4n) is 4.05. The van der Waals surface area contributed by atoms with E-state index in [1.807, 2.05) is 47.4 Å². The van der Waals surface area contributed by atoms with Gasteiger partial charge in [0.05, 0.1) is 17.6 Å². The Kier molecular flexibility index (Phi) is 7.04. The Balaban J connectivity index is 1.40. The molecule has 1 aliphatic rings. The Morgan fingerprint density at radius 1 is 1.10 bits per heavy atom. The maximum atomic E-state index is 12.3. The first-order chi connectivity index (χ1) is 15.2. The van der Waals surface area contributed by atoms with Gasteiger partial charge in [-0.25, -0.2) is 9.78 Å². The van der Waals surface area contributed by atoms with Gasteiger partial charge in [0.2, 0.25) is 0 Å². The summed E-state index contributed by atoms with van der Waals surface area (Å²) in [6.45, 7) is 3.93. The van der Waals surface area contributed by atoms with Crippen LogP contribution in [0.1, 0.15) is 18.7 Å². The lowest BCUT2D eigenvalue weighted by molar-refractivity contribution is 0.157. The minimum Gasteiger partial charge on any atom is -0.486 e. The van der Waals surface area contributed by atoms with Crippen LogP contribution < -0.4 is 10.1 Å². The normalized spacial score (nSPS) is 14.7. The van der Waals surface area contributed by atoms with Crippen molar-refractivity contribution in [2.75, 3.05) is 33.4 Å². The van der Waals surface area contributed by atoms with Crippen molar-refractivity contribution in [2.24, 2.45) is 5.92 Å². The lowest BCUT2D eigenvalue weighted by Gasteiger charge is -2.32. The van der Waals surface area contributed by atoms with Gasteiger partial charge in [-0.3, -0.25) is 0 Å². The molecule has 0 unspecified atom stereocenters. The summed E-state index contributed by atoms with van der Waals surface area (Å²) in [6.07, 6.45) is 1.95. The molecular formula is C24H30N4O3. The summed E-state index contributed by atoms with van der Waals surface area (Å²) in [5.41, 5.74) is 2.12. The molecule has 1 N–H and O–H groups in total. The van der Waals surface area contributed by atoms with Crippen molar-refractivity contribution in [2.45, 2.75) is 26.0 Å². The summed E-state index contributed by atoms with van der Waals surface area (Å²) < 4.78 is 13.3. The molecule has 1 aromatic heterocycles. The molecule has 2 heterocycles. The molecule has 1 aliphatic heterocycles. The number of carbonyl (C=O) groups excluding carboxylic acids is 1. The number of nitrogens with one attached hydrogen (secondary N) is 1. The molecule has 2 aromatic carbocycles. The van der Waals surface area contributed by atoms with Crippen LogP contribution in [0.15, 0.2) is 54.6 Å². The van der Waals surface area contributed by atoms with Crippen molar-refractivity contribution in [3.63, 3.8) is 0 Å². The number of urea groups is 1. The van der Waals surface area contributed by atoms with Crippen LogP contribution in [0, 0.1) is 5.92 Å². The second-order valence-corrected chi connectivity index (χ2v) is 7.88. The van der Waals surface area contributed by atoms with Crippen LogP contribution in [0.5, 0.6) is 5.75 Å². The summed E-state index contributed by atoms with van der Waals surface area (Å²) in [7, 11) is 1.64. The second-order valence-electron chi connectivity index (χ2n) is 7.88. The minimum absolute atomic E-state index is 0.000491. The average Bonchev–Trinajstić information content (AvgIpc) is 3.16. The quantitative estimate of drug-likeness (QED) is 0.562. The highest BCUT2D eigenvalue weighted by Crippen LogP contribution is 2.24. The summed E-state index contributed by atoms with van der Waals surface area (Å²) in [5, 5.41) is 2.91. The van der Waals surface area contributed by atoms with Gasteiger partial charge in [-0.1, -0.05) is 30.3 Å². The molecular weight excluding hydrogens is 392 g/mol. The number of imidazole rings is 1. The van der Waals surface area contributed by atoms with Crippen LogP contribution >= 0.6 is 0 Å². The third-order valence-corrected chi connectivity index (χ3v) is 5.77. The van der Waals surface area contributed by atoms with E-state index in [4.69, 9.17) is 14.5 Å². The first kappa shape index (κ1) is 21.2. The number of piperidine rings is 1. The number of ether oxygens (including phenoxy) is 2. The number of para-hydroxylation sites is 3. The van der Waals surface area contributed by atoms with Crippen LogP contribution in [-0.4, -0.2) is 53.8 Å². The number of fused-ring (bicyclic) bond motifs is 1. The highest BCUT2D eigenvalue weighted by atomic mass is 16.5. The van der Waals surface area contributed by atoms with Gasteiger partial charge in [0.15, 0.2) is 0 Å². The summed E-state index contributed by atoms with van der Waals surface area (Å²) in [6, 6.07) is 18.1. The Bertz CT molecular complexity index is 981. The number of aromatic nitrogens is 2. The second kappa shape index (κ2) is 10.3. The highest BCUT2D eigenvalue weighted by Gasteiger charge is 2.24. The number of nitrogens with zero attached hydrogens (tertiary/aromatic N) is 3. The number of hydrogen-bond acceptors (Lipinski definition) is 4. The first-order valence-corrected chi connectivity index (χ1v) is 10.9. The Morgan fingerprint density at radius 2 is 1.84 bits per heavy atom. The zero-order valence-corrected chi connectivity index (χ0v) is 18.0. The minimum atomic E-state index is 0.000491. The maximum absolute atomic E-state index is 12.3. The molecule has 7 nitrogen and oxygen atoms in total. The van der Waals surface area contributed by atoms with E-state index in [9.17, 15) is 4.79 Å². The van der Waals surface area contributed by atoms with E-state index >= 15 is 0 Å². The van der Waals surface area contributed by atoms with Gasteiger partial charge in [0.25, 0.3) is 0 Å². The number of amides is 2. The largest absolute Gasteiger partial charge is 0.486 e. The van der Waals surface area contributed by atoms with E-state index in [0.29, 0.717) is 25.7 Å². The molecule has 4 rings (SSSR count). The number of carbonyl (C=O) groups is 1. The molecule has 0 radical (unpaired) electrons. The third kappa shape index (κ3) is 5.35. The number of rotatable bonds is 8. The van der Waals surface area contributed by atoms with Gasteiger partial charge < -0.3 is 24.3 Å². The predicted molar refractivity (Wildman–Crippen MR) is 120 cm³/mol. The number of likely N-dealkylation sites (tertiary alicyclic amines) is 1. The number of methoxy groups -OCH3 is 1. The average molecular weight is 423 g/mol. The fraction of sp³-hybridized carbons (Fsp3) is 0.417. The SMILES string of the molecule is COCCNC(=O)N1CCC(Cn2c(COc3ccccc3)nc3ccccc32)CC1. The zero-order valence-electron chi connectivity index (χ0n) is 18.0. The Morgan fingerprint density at radius 3 is 2.61 bits per heavy atom. The molecule has 31 heavy (non-hydrogen) atoms. The van der Waals surface area contributed by atoms with Gasteiger partial charge in [0.1, 0.15) is 18.2 Å². The molecule has 0 aliphatic carbocycles. The van der Waals surface area contributed by atoms with Crippen molar-refractivity contribution in [3.05, 3.63) is 60.4 Å². The van der Waals surface area contributed by atoms with Crippen molar-refractivity contribution in [1.29, 1.82) is 0 Å². The van der Waals surface area contributed by atoms with Gasteiger partial charge in [-0.15, -0.1) is 0 Å². The van der Waals surface area contributed by atoms with Crippen molar-refractivity contribution >= 4 is 17.1 Å². The van der Waals surface area contributed by atoms with Crippen LogP contribution in [0.25, 0.3) is 11.0 Å². The Hall–Kier alpha value is -3.06. The van der Waals surface area contributed by atoms with Gasteiger partial charge in [-0.2, -0.15) is 0 Å². The summed E-state index contributed by atoms with van der Waals surface area (Å²) in [4.78, 5) is 19.0. The van der Waals surface area contributed by atoms with Gasteiger partial charge in [-0.05, 0) is 43.0 Å². The fourth-order valence-corrected chi connectivity index (χ4v) is 4.05. The van der Waals surface area contributed by atoms with Crippen LogP contribution in [0.2, 0.25) is 0 Å². The number of benzene rings is 2. The zero-order chi connectivity index (χ0) is 21.5. The predicted octanol–water partition coefficient (Wildman–Crippen LogP) is 3.68. The monoisotopic (exact) mass is 422 g/mol. The first-order valence-electron chi connectivity index (χ1n) is 10.9. The maximum Gasteiger partial charge on any atom is 0.317 e. The molecule has 0 atom stereocenters. The van der Waals surface area contributed by atoms with E-state index < -0.39 is 0 Å². The van der Waals surface area contributed by atoms with Crippen molar-refractivity contribution in [1.82, 2.24) is 19.8 Å². The summed E-state index contributed by atoms with van der Waals surface area (Å²) in [5.74, 6) is 2.27. The lowest BCUT2D eigenvalue weighted by Crippen LogP contribution is -2.45. The summed E-state index contributed by atoms with van der Waals surface area (Å²) >= 11 is 0. The van der Waals surface area contributed by atoms with Crippen molar-refractivity contribution in [3.8, 4) is 5.75 Å². The van der Waals surface area contributed by atoms with E-state index in [0.717, 1.165) is 55.1 Å². The van der Waals surface area contributed by atoms with E-state index in [2.05, 4.69) is 22.0 Å². The molecule has 2 amide bonds. The van der Waals surface area contributed by atoms with Crippen LogP contribution in [-0.2, 0) is 17.9 Å². The molecule has 0 bridgehead atoms. The molecule has 0 saturated carbocycles. The topological polar surface area (TPSA) is 68.6 Å². The van der Waals surface area contributed by atoms with Crippen LogP contribution in [0.4, 0.5) is 4.79 Å². The molecule has 7 heteroatoms. The van der Waals surface area contributed by atoms with Crippen LogP contribution in [0.3, 0.4) is 0 Å². The number of hydrogen-bond donors (Lipinski definition) is 1. The molecule has 164 valence electrons. The lowest BCUT2D eigenvalue weighted by atomic mass is 9.97. The van der Waals surface area contributed by atoms with Gasteiger partial charge in [0, 0.05) is 33.3 Å². The van der Waals surface area contributed by atoms with E-state index in [1.54, 1.807) is 7.11 Å². The molecule has 0 spiro atoms. The van der Waals surface area contributed by atoms with E-state index in [-0.39, 0.29) is 6.03 Å². The Labute approximate surface area is 183 Å². The smallest absolute Gasteiger partial charge is 0.317 e. The van der Waals surface area contributed by atoms with E-state index in [1.165, 1.54) is 0 Å². The standard InChI is InChI=1S/C24H30N4O3/c1-30-16-13-25-24(29)27-14-11-19(12-15-27)17-28-22-10-6-5-9-21(22)26-23(28)18-31-20-7-3-2-4-8-20/h2-10,19H,11-18H2,1H3,(H,25,29). The third-order valence-electron chi connectivity index (χ3n) is 5.77. The molecule has 3 aromatic rings. The van der Waals surface area contributed by atoms with Crippen molar-refractivity contribution < 1.29 is 14.3 Å². The molecule has 1 saturated heterocycles. The highest BCUT2D eigenvalue weighted by molar-refractivity contribution is 5.76. The van der Waals surface area contributed by atoms with Gasteiger partial charge >= 0.3 is 6.03 Å². The molecule has 1 fully saturated rings.